The van der Waals surface area contributed by atoms with Crippen molar-refractivity contribution in [3.8, 4) is 0 Å². The Morgan fingerprint density at radius 3 is 2.05 bits per heavy atom. The second-order valence-corrected chi connectivity index (χ2v) is 7.65. The summed E-state index contributed by atoms with van der Waals surface area (Å²) in [4.78, 5) is 0. The van der Waals surface area contributed by atoms with Gasteiger partial charge in [-0.05, 0) is 54.7 Å². The van der Waals surface area contributed by atoms with Crippen molar-refractivity contribution in [2.75, 3.05) is 0 Å². The molecule has 0 N–H and O–H groups in total. The molecule has 4 fully saturated rings. The van der Waals surface area contributed by atoms with Crippen LogP contribution in [-0.2, 0) is 9.31 Å². The van der Waals surface area contributed by atoms with Gasteiger partial charge in [0.15, 0.2) is 0 Å². The Bertz CT molecular complexity index is 332. The van der Waals surface area contributed by atoms with Crippen LogP contribution in [0.3, 0.4) is 0 Å². The lowest BCUT2D eigenvalue weighted by molar-refractivity contribution is -0.103. The fourth-order valence-corrected chi connectivity index (χ4v) is 5.02. The van der Waals surface area contributed by atoms with E-state index in [9.17, 15) is 0 Å². The lowest BCUT2D eigenvalue weighted by Gasteiger charge is -2.62. The van der Waals surface area contributed by atoms with Gasteiger partial charge < -0.3 is 9.31 Å². The molecular formula is C16H29BO2. The Balaban J connectivity index is 1.68. The molecule has 1 saturated heterocycles. The topological polar surface area (TPSA) is 18.5 Å². The van der Waals surface area contributed by atoms with Gasteiger partial charge in [-0.3, -0.25) is 0 Å². The molecule has 2 nitrogen and oxygen atoms in total. The van der Waals surface area contributed by atoms with Crippen LogP contribution in [0.2, 0.25) is 5.82 Å². The minimum atomic E-state index is 0.0753. The highest BCUT2D eigenvalue weighted by Crippen LogP contribution is 2.65. The first-order valence-corrected chi connectivity index (χ1v) is 8.29. The molecule has 2 bridgehead atoms. The predicted octanol–water partition coefficient (Wildman–Crippen LogP) is 4.15. The molecule has 4 aliphatic rings. The Morgan fingerprint density at radius 1 is 1.05 bits per heavy atom. The summed E-state index contributed by atoms with van der Waals surface area (Å²) in [6, 6.07) is 0. The third-order valence-corrected chi connectivity index (χ3v) is 6.60. The van der Waals surface area contributed by atoms with E-state index in [1.54, 1.807) is 0 Å². The van der Waals surface area contributed by atoms with E-state index in [1.165, 1.54) is 12.8 Å². The summed E-state index contributed by atoms with van der Waals surface area (Å²) in [5, 5.41) is 0. The normalized spacial score (nSPS) is 48.2. The van der Waals surface area contributed by atoms with Crippen LogP contribution >= 0.6 is 0 Å². The van der Waals surface area contributed by atoms with Crippen LogP contribution in [0.25, 0.3) is 0 Å². The van der Waals surface area contributed by atoms with E-state index in [4.69, 9.17) is 9.31 Å². The third kappa shape index (κ3) is 2.00. The van der Waals surface area contributed by atoms with Gasteiger partial charge in [0.05, 0.1) is 12.2 Å². The van der Waals surface area contributed by atoms with E-state index >= 15 is 0 Å². The first kappa shape index (κ1) is 13.9. The molecular weight excluding hydrogens is 235 g/mol. The summed E-state index contributed by atoms with van der Waals surface area (Å²) in [6.07, 6.45) is 5.55. The van der Waals surface area contributed by atoms with Crippen LogP contribution < -0.4 is 0 Å². The highest BCUT2D eigenvalue weighted by atomic mass is 16.7. The van der Waals surface area contributed by atoms with E-state index in [1.807, 2.05) is 0 Å². The van der Waals surface area contributed by atoms with Crippen molar-refractivity contribution < 1.29 is 9.31 Å². The molecule has 3 heteroatoms. The molecule has 108 valence electrons. The molecule has 19 heavy (non-hydrogen) atoms. The Morgan fingerprint density at radius 2 is 1.63 bits per heavy atom. The molecule has 0 spiro atoms. The molecule has 0 amide bonds. The molecule has 0 radical (unpaired) electrons. The van der Waals surface area contributed by atoms with Gasteiger partial charge in [0, 0.05) is 0 Å². The lowest BCUT2D eigenvalue weighted by Crippen LogP contribution is -2.56. The maximum absolute atomic E-state index is 6.24. The zero-order chi connectivity index (χ0) is 13.8. The molecule has 1 aliphatic heterocycles. The van der Waals surface area contributed by atoms with Crippen LogP contribution in [0.5, 0.6) is 0 Å². The van der Waals surface area contributed by atoms with Crippen LogP contribution in [0.1, 0.15) is 60.3 Å². The van der Waals surface area contributed by atoms with Crippen molar-refractivity contribution in [1.29, 1.82) is 0 Å². The second kappa shape index (κ2) is 4.77. The van der Waals surface area contributed by atoms with Gasteiger partial charge >= 0.3 is 7.12 Å². The number of fused-ring (bicyclic) bond motifs is 2. The summed E-state index contributed by atoms with van der Waals surface area (Å²) in [6.45, 7) is 11.8. The third-order valence-electron chi connectivity index (χ3n) is 6.60. The minimum absolute atomic E-state index is 0.0753. The highest BCUT2D eigenvalue weighted by Gasteiger charge is 2.60. The van der Waals surface area contributed by atoms with E-state index in [2.05, 4.69) is 34.6 Å². The average molecular weight is 264 g/mol. The average Bonchev–Trinajstić information content (AvgIpc) is 2.81. The summed E-state index contributed by atoms with van der Waals surface area (Å²) in [5.74, 6) is 3.15. The lowest BCUT2D eigenvalue weighted by atomic mass is 9.39. The predicted molar refractivity (Wildman–Crippen MR) is 79.0 cm³/mol. The molecule has 0 aromatic rings. The maximum Gasteiger partial charge on any atom is 0.461 e. The smallest absolute Gasteiger partial charge is 0.406 e. The fraction of sp³-hybridized carbons (Fsp3) is 1.00. The van der Waals surface area contributed by atoms with Gasteiger partial charge in [0.2, 0.25) is 0 Å². The summed E-state index contributed by atoms with van der Waals surface area (Å²) in [5.41, 5.74) is 0.558. The van der Waals surface area contributed by atoms with Gasteiger partial charge in [-0.15, -0.1) is 0 Å². The van der Waals surface area contributed by atoms with Crippen LogP contribution in [0, 0.1) is 23.2 Å². The quantitative estimate of drug-likeness (QED) is 0.713. The largest absolute Gasteiger partial charge is 0.461 e. The highest BCUT2D eigenvalue weighted by molar-refractivity contribution is 6.47. The molecule has 4 rings (SSSR count). The van der Waals surface area contributed by atoms with Gasteiger partial charge in [-0.25, -0.2) is 0 Å². The van der Waals surface area contributed by atoms with Crippen molar-refractivity contribution in [2.45, 2.75) is 78.3 Å². The minimum Gasteiger partial charge on any atom is -0.406 e. The zero-order valence-electron chi connectivity index (χ0n) is 13.2. The number of hydrogen-bond donors (Lipinski definition) is 0. The molecule has 6 atom stereocenters. The second-order valence-electron chi connectivity index (χ2n) is 7.65. The van der Waals surface area contributed by atoms with Crippen LogP contribution in [0.4, 0.5) is 0 Å². The van der Waals surface area contributed by atoms with Crippen molar-refractivity contribution >= 4 is 7.12 Å². The zero-order valence-corrected chi connectivity index (χ0v) is 13.2. The monoisotopic (exact) mass is 264 g/mol. The van der Waals surface area contributed by atoms with Crippen LogP contribution in [-0.4, -0.2) is 19.3 Å². The van der Waals surface area contributed by atoms with Crippen molar-refractivity contribution in [1.82, 2.24) is 0 Å². The van der Waals surface area contributed by atoms with Gasteiger partial charge in [0.1, 0.15) is 0 Å². The van der Waals surface area contributed by atoms with Crippen molar-refractivity contribution in [3.63, 3.8) is 0 Å². The molecule has 3 aliphatic carbocycles. The van der Waals surface area contributed by atoms with E-state index < -0.39 is 0 Å². The number of rotatable bonds is 3. The summed E-state index contributed by atoms with van der Waals surface area (Å²) in [7, 11) is 0.0753. The van der Waals surface area contributed by atoms with E-state index in [0.717, 1.165) is 30.6 Å². The molecule has 0 aromatic carbocycles. The molecule has 1 heterocycles. The van der Waals surface area contributed by atoms with Gasteiger partial charge in [-0.2, -0.15) is 0 Å². The first-order valence-electron chi connectivity index (χ1n) is 8.29. The Labute approximate surface area is 118 Å². The Hall–Kier alpha value is -0.0151. The molecule has 0 aromatic heterocycles. The van der Waals surface area contributed by atoms with Crippen molar-refractivity contribution in [3.05, 3.63) is 0 Å². The molecule has 2 unspecified atom stereocenters. The van der Waals surface area contributed by atoms with E-state index in [-0.39, 0.29) is 7.12 Å². The fourth-order valence-electron chi connectivity index (χ4n) is 5.02. The first-order chi connectivity index (χ1) is 8.98. The van der Waals surface area contributed by atoms with Crippen LogP contribution in [0.15, 0.2) is 0 Å². The number of hydrogen-bond acceptors (Lipinski definition) is 2. The maximum atomic E-state index is 6.24. The summed E-state index contributed by atoms with van der Waals surface area (Å²) < 4.78 is 12.5. The molecule has 3 saturated carbocycles. The Kier molecular flexibility index (Phi) is 3.50. The van der Waals surface area contributed by atoms with Gasteiger partial charge in [0.25, 0.3) is 0 Å². The summed E-state index contributed by atoms with van der Waals surface area (Å²) >= 11 is 0. The van der Waals surface area contributed by atoms with Crippen molar-refractivity contribution in [2.24, 2.45) is 23.2 Å². The van der Waals surface area contributed by atoms with Gasteiger partial charge in [-0.1, -0.05) is 34.6 Å². The standard InChI is InChI=1S/C16H29BO2/c1-6-14-15(7-2)19-17(18-14)13-9-11-8-12(10(13)3)16(11,4)5/h10-15H,6-9H2,1-5H3/t10-,11+,12-,13-,14?,15?/m1/s1. The van der Waals surface area contributed by atoms with E-state index in [0.29, 0.717) is 23.4 Å². The SMILES string of the molecule is CCC1OB([C@@H]2C[C@@H]3C[C@H]([C@H]2C)C3(C)C)OC1CC.